The van der Waals surface area contributed by atoms with E-state index in [1.165, 1.54) is 0 Å². The number of fused-ring (bicyclic) bond motifs is 3. The Labute approximate surface area is 199 Å². The highest BCUT2D eigenvalue weighted by Gasteiger charge is 2.29. The number of imidazole rings is 1. The maximum absolute atomic E-state index is 13.8. The van der Waals surface area contributed by atoms with Crippen LogP contribution in [0.1, 0.15) is 29.3 Å². The first-order chi connectivity index (χ1) is 16.7. The minimum atomic E-state index is -0.165. The molecule has 1 atom stereocenters. The molecule has 0 unspecified atom stereocenters. The minimum Gasteiger partial charge on any atom is -0.346 e. The van der Waals surface area contributed by atoms with Crippen molar-refractivity contribution in [2.45, 2.75) is 18.9 Å². The molecule has 4 aromatic heterocycles. The number of carbonyl (C=O) groups excluding carboxylic acids is 1. The number of nitrogens with one attached hydrogen (secondary N) is 2. The molecule has 5 aromatic rings. The van der Waals surface area contributed by atoms with Gasteiger partial charge in [-0.1, -0.05) is 36.4 Å². The molecule has 1 saturated heterocycles. The zero-order chi connectivity index (χ0) is 23.1. The predicted molar refractivity (Wildman–Crippen MR) is 136 cm³/mol. The zero-order valence-corrected chi connectivity index (χ0v) is 19.2. The van der Waals surface area contributed by atoms with Gasteiger partial charge in [0.25, 0.3) is 5.91 Å². The molecule has 2 N–H and O–H groups in total. The molecule has 34 heavy (non-hydrogen) atoms. The van der Waals surface area contributed by atoms with Crippen molar-refractivity contribution in [3.63, 3.8) is 0 Å². The summed E-state index contributed by atoms with van der Waals surface area (Å²) < 4.78 is 1.82. The van der Waals surface area contributed by atoms with Gasteiger partial charge in [0.1, 0.15) is 5.65 Å². The van der Waals surface area contributed by atoms with Gasteiger partial charge in [-0.15, -0.1) is 11.3 Å². The van der Waals surface area contributed by atoms with Gasteiger partial charge in [-0.2, -0.15) is 0 Å². The number of carbonyl (C=O) groups is 1. The summed E-state index contributed by atoms with van der Waals surface area (Å²) in [6.07, 6.45) is 7.16. The molecule has 8 heteroatoms. The van der Waals surface area contributed by atoms with Crippen LogP contribution < -0.4 is 5.69 Å². The molecule has 1 aliphatic rings. The minimum absolute atomic E-state index is 0.00866. The van der Waals surface area contributed by atoms with Gasteiger partial charge in [-0.3, -0.25) is 9.36 Å². The van der Waals surface area contributed by atoms with Crippen LogP contribution in [0, 0.1) is 0 Å². The number of aromatic amines is 2. The third-order valence-electron chi connectivity index (χ3n) is 6.45. The molecule has 5 heterocycles. The molecule has 1 amide bonds. The van der Waals surface area contributed by atoms with Crippen LogP contribution >= 0.6 is 11.3 Å². The summed E-state index contributed by atoms with van der Waals surface area (Å²) in [6, 6.07) is 15.6. The van der Waals surface area contributed by atoms with Crippen molar-refractivity contribution < 1.29 is 4.79 Å². The largest absolute Gasteiger partial charge is 0.346 e. The SMILES string of the molecule is O=C(/C(=C/c1cccs1)c1ccccc1)N1CCC[C@@H](n2c(=O)[nH]c3cnc4[nH]ccc4c32)C1. The molecule has 1 fully saturated rings. The average Bonchev–Trinajstić information content (AvgIpc) is 3.62. The fraction of sp³-hybridized carbons (Fsp3) is 0.192. The summed E-state index contributed by atoms with van der Waals surface area (Å²) >= 11 is 1.61. The monoisotopic (exact) mass is 469 g/mol. The number of likely N-dealkylation sites (tertiary alicyclic amines) is 1. The number of thiophene rings is 1. The second-order valence-corrected chi connectivity index (χ2v) is 9.53. The van der Waals surface area contributed by atoms with E-state index in [4.69, 9.17) is 0 Å². The molecule has 1 aromatic carbocycles. The number of piperidine rings is 1. The molecule has 7 nitrogen and oxygen atoms in total. The van der Waals surface area contributed by atoms with E-state index in [2.05, 4.69) is 15.0 Å². The Kier molecular flexibility index (Phi) is 5.15. The Balaban J connectivity index is 1.38. The van der Waals surface area contributed by atoms with Crippen LogP contribution in [0.3, 0.4) is 0 Å². The normalized spacial score (nSPS) is 17.0. The van der Waals surface area contributed by atoms with Crippen LogP contribution in [0.5, 0.6) is 0 Å². The van der Waals surface area contributed by atoms with Crippen LogP contribution in [0.25, 0.3) is 33.7 Å². The van der Waals surface area contributed by atoms with Gasteiger partial charge in [0.05, 0.1) is 23.3 Å². The maximum Gasteiger partial charge on any atom is 0.326 e. The van der Waals surface area contributed by atoms with Crippen molar-refractivity contribution in [2.75, 3.05) is 13.1 Å². The lowest BCUT2D eigenvalue weighted by Crippen LogP contribution is -2.42. The standard InChI is InChI=1S/C26H23N5O2S/c32-25(21(14-19-9-5-13-34-19)17-6-2-1-3-7-17)30-12-4-8-18(16-30)31-23-20-10-11-27-24(20)28-15-22(23)29-26(31)33/h1-3,5-7,9-11,13-15,18H,4,8,12,16H2,(H,27,28)(H,29,33)/b21-14+/t18-/m1/s1. The van der Waals surface area contributed by atoms with E-state index in [9.17, 15) is 9.59 Å². The number of rotatable bonds is 4. The first-order valence-electron chi connectivity index (χ1n) is 11.4. The molecule has 6 rings (SSSR count). The lowest BCUT2D eigenvalue weighted by Gasteiger charge is -2.34. The van der Waals surface area contributed by atoms with E-state index in [-0.39, 0.29) is 17.6 Å². The number of hydrogen-bond acceptors (Lipinski definition) is 4. The van der Waals surface area contributed by atoms with Crippen LogP contribution in [-0.4, -0.2) is 43.4 Å². The van der Waals surface area contributed by atoms with Gasteiger partial charge in [-0.25, -0.2) is 9.78 Å². The van der Waals surface area contributed by atoms with Crippen molar-refractivity contribution in [1.82, 2.24) is 24.4 Å². The topological polar surface area (TPSA) is 86.8 Å². The number of pyridine rings is 1. The van der Waals surface area contributed by atoms with Crippen LogP contribution in [0.4, 0.5) is 0 Å². The van der Waals surface area contributed by atoms with E-state index >= 15 is 0 Å². The second-order valence-electron chi connectivity index (χ2n) is 8.55. The number of amides is 1. The highest BCUT2D eigenvalue weighted by molar-refractivity contribution is 7.11. The number of H-pyrrole nitrogens is 2. The first kappa shape index (κ1) is 20.7. The number of nitrogens with zero attached hydrogens (tertiary/aromatic N) is 3. The van der Waals surface area contributed by atoms with Crippen LogP contribution in [0.15, 0.2) is 71.1 Å². The van der Waals surface area contributed by atoms with Gasteiger partial charge in [0.2, 0.25) is 0 Å². The summed E-state index contributed by atoms with van der Waals surface area (Å²) in [7, 11) is 0. The Bertz CT molecular complexity index is 1560. The fourth-order valence-electron chi connectivity index (χ4n) is 4.89. The van der Waals surface area contributed by atoms with Crippen LogP contribution in [-0.2, 0) is 4.79 Å². The Morgan fingerprint density at radius 1 is 1.15 bits per heavy atom. The average molecular weight is 470 g/mol. The lowest BCUT2D eigenvalue weighted by atomic mass is 10.00. The third kappa shape index (κ3) is 3.56. The lowest BCUT2D eigenvalue weighted by molar-refractivity contribution is -0.126. The van der Waals surface area contributed by atoms with Crippen molar-refractivity contribution >= 4 is 51.0 Å². The summed E-state index contributed by atoms with van der Waals surface area (Å²) in [5.41, 5.74) is 3.70. The summed E-state index contributed by atoms with van der Waals surface area (Å²) in [4.78, 5) is 40.2. The van der Waals surface area contributed by atoms with Gasteiger partial charge in [-0.05, 0) is 42.0 Å². The quantitative estimate of drug-likeness (QED) is 0.375. The van der Waals surface area contributed by atoms with E-state index in [1.54, 1.807) is 17.5 Å². The van der Waals surface area contributed by atoms with E-state index in [0.29, 0.717) is 24.2 Å². The number of hydrogen-bond donors (Lipinski definition) is 2. The maximum atomic E-state index is 13.8. The highest BCUT2D eigenvalue weighted by Crippen LogP contribution is 2.30. The van der Waals surface area contributed by atoms with Crippen molar-refractivity contribution in [1.29, 1.82) is 0 Å². The number of benzene rings is 1. The zero-order valence-electron chi connectivity index (χ0n) is 18.4. The van der Waals surface area contributed by atoms with E-state index in [0.717, 1.165) is 39.8 Å². The summed E-state index contributed by atoms with van der Waals surface area (Å²) in [5.74, 6) is -0.00866. The second kappa shape index (κ2) is 8.46. The van der Waals surface area contributed by atoms with Crippen LogP contribution in [0.2, 0.25) is 0 Å². The molecular weight excluding hydrogens is 446 g/mol. The molecular formula is C26H23N5O2S. The molecule has 0 bridgehead atoms. The van der Waals surface area contributed by atoms with Crippen molar-refractivity contribution in [3.05, 3.63) is 87.2 Å². The smallest absolute Gasteiger partial charge is 0.326 e. The Morgan fingerprint density at radius 2 is 2.03 bits per heavy atom. The van der Waals surface area contributed by atoms with Crippen molar-refractivity contribution in [3.8, 4) is 0 Å². The van der Waals surface area contributed by atoms with Gasteiger partial charge < -0.3 is 14.9 Å². The fourth-order valence-corrected chi connectivity index (χ4v) is 5.55. The molecule has 0 spiro atoms. The molecule has 0 radical (unpaired) electrons. The third-order valence-corrected chi connectivity index (χ3v) is 7.27. The van der Waals surface area contributed by atoms with Gasteiger partial charge in [0.15, 0.2) is 0 Å². The molecule has 0 aliphatic carbocycles. The summed E-state index contributed by atoms with van der Waals surface area (Å²) in [6.45, 7) is 1.15. The van der Waals surface area contributed by atoms with E-state index in [1.807, 2.05) is 75.7 Å². The van der Waals surface area contributed by atoms with Crippen molar-refractivity contribution in [2.24, 2.45) is 0 Å². The Morgan fingerprint density at radius 3 is 2.85 bits per heavy atom. The first-order valence-corrected chi connectivity index (χ1v) is 12.2. The summed E-state index contributed by atoms with van der Waals surface area (Å²) in [5, 5.41) is 2.91. The molecule has 1 aliphatic heterocycles. The highest BCUT2D eigenvalue weighted by atomic mass is 32.1. The number of aromatic nitrogens is 4. The molecule has 0 saturated carbocycles. The van der Waals surface area contributed by atoms with Gasteiger partial charge in [0, 0.05) is 35.1 Å². The molecule has 170 valence electrons. The Hall–Kier alpha value is -3.91. The van der Waals surface area contributed by atoms with E-state index < -0.39 is 0 Å². The predicted octanol–water partition coefficient (Wildman–Crippen LogP) is 4.67. The van der Waals surface area contributed by atoms with Gasteiger partial charge >= 0.3 is 5.69 Å².